The van der Waals surface area contributed by atoms with Crippen LogP contribution in [-0.2, 0) is 9.53 Å². The molecule has 0 aliphatic rings. The van der Waals surface area contributed by atoms with E-state index in [0.29, 0.717) is 18.7 Å². The maximum absolute atomic E-state index is 10.9. The maximum atomic E-state index is 10.9. The molecule has 0 aromatic rings. The summed E-state index contributed by atoms with van der Waals surface area (Å²) in [6.45, 7) is 12.4. The number of hydrogen-bond acceptors (Lipinski definition) is 3. The van der Waals surface area contributed by atoms with Gasteiger partial charge in [-0.1, -0.05) is 6.58 Å². The summed E-state index contributed by atoms with van der Waals surface area (Å²) in [5.74, 6) is -0.323. The molecule has 0 fully saturated rings. The second kappa shape index (κ2) is 7.01. The lowest BCUT2D eigenvalue weighted by Gasteiger charge is -2.20. The molecule has 84 valence electrons. The van der Waals surface area contributed by atoms with Crippen LogP contribution in [0.5, 0.6) is 0 Å². The number of nitrogens with one attached hydrogen (secondary N) is 1. The van der Waals surface area contributed by atoms with Crippen molar-refractivity contribution in [2.45, 2.75) is 33.2 Å². The average Bonchev–Trinajstić information content (AvgIpc) is 1.95. The van der Waals surface area contributed by atoms with E-state index in [9.17, 15) is 4.79 Å². The lowest BCUT2D eigenvalue weighted by Crippen LogP contribution is -2.38. The van der Waals surface area contributed by atoms with E-state index < -0.39 is 0 Å². The molecule has 3 nitrogen and oxygen atoms in total. The molecule has 0 aliphatic carbocycles. The van der Waals surface area contributed by atoms with E-state index in [1.807, 2.05) is 0 Å². The van der Waals surface area contributed by atoms with Gasteiger partial charge >= 0.3 is 5.97 Å². The molecular weight excluding hydrogens is 246 g/mol. The van der Waals surface area contributed by atoms with Crippen LogP contribution in [0.4, 0.5) is 0 Å². The van der Waals surface area contributed by atoms with Crippen LogP contribution in [0.25, 0.3) is 0 Å². The topological polar surface area (TPSA) is 38.3 Å². The van der Waals surface area contributed by atoms with Gasteiger partial charge in [-0.15, -0.1) is 17.0 Å². The van der Waals surface area contributed by atoms with Crippen molar-refractivity contribution in [1.29, 1.82) is 0 Å². The van der Waals surface area contributed by atoms with Gasteiger partial charge in [-0.25, -0.2) is 4.79 Å². The molecule has 0 bridgehead atoms. The molecule has 0 spiro atoms. The van der Waals surface area contributed by atoms with Crippen LogP contribution in [0, 0.1) is 0 Å². The number of rotatable bonds is 4. The summed E-state index contributed by atoms with van der Waals surface area (Å²) in [5, 5.41) is 3.21. The van der Waals surface area contributed by atoms with Gasteiger partial charge in [0.1, 0.15) is 6.61 Å². The van der Waals surface area contributed by atoms with E-state index in [1.165, 1.54) is 0 Å². The quantitative estimate of drug-likeness (QED) is 0.481. The van der Waals surface area contributed by atoms with Crippen molar-refractivity contribution in [1.82, 2.24) is 5.32 Å². The van der Waals surface area contributed by atoms with Gasteiger partial charge < -0.3 is 10.1 Å². The van der Waals surface area contributed by atoms with E-state index in [4.69, 9.17) is 4.74 Å². The summed E-state index contributed by atoms with van der Waals surface area (Å²) in [6, 6.07) is 0. The molecule has 0 heterocycles. The molecule has 4 heteroatoms. The Labute approximate surface area is 96.7 Å². The van der Waals surface area contributed by atoms with Crippen LogP contribution in [0.15, 0.2) is 12.2 Å². The highest BCUT2D eigenvalue weighted by atomic mass is 79.9. The van der Waals surface area contributed by atoms with Gasteiger partial charge in [0.05, 0.1) is 0 Å². The summed E-state index contributed by atoms with van der Waals surface area (Å²) in [7, 11) is 0. The number of esters is 1. The van der Waals surface area contributed by atoms with Gasteiger partial charge in [-0.2, -0.15) is 0 Å². The summed E-state index contributed by atoms with van der Waals surface area (Å²) in [4.78, 5) is 10.9. The average molecular weight is 266 g/mol. The predicted molar refractivity (Wildman–Crippen MR) is 63.9 cm³/mol. The third-order valence-electron chi connectivity index (χ3n) is 1.34. The highest BCUT2D eigenvalue weighted by molar-refractivity contribution is 8.93. The molecule has 0 saturated carbocycles. The molecule has 0 aliphatic heterocycles. The molecule has 0 unspecified atom stereocenters. The zero-order valence-electron chi connectivity index (χ0n) is 9.35. The highest BCUT2D eigenvalue weighted by Crippen LogP contribution is 1.97. The first kappa shape index (κ1) is 16.1. The summed E-state index contributed by atoms with van der Waals surface area (Å²) in [5.41, 5.74) is 0.506. The third kappa shape index (κ3) is 9.74. The molecular formula is C10H20BrNO2. The second-order valence-electron chi connectivity index (χ2n) is 4.09. The molecule has 0 saturated heterocycles. The zero-order valence-corrected chi connectivity index (χ0v) is 11.1. The molecule has 0 amide bonds. The normalized spacial score (nSPS) is 10.3. The van der Waals surface area contributed by atoms with Gasteiger partial charge in [0.2, 0.25) is 0 Å². The monoisotopic (exact) mass is 265 g/mol. The van der Waals surface area contributed by atoms with E-state index >= 15 is 0 Å². The predicted octanol–water partition coefficient (Wildman–Crippen LogP) is 2.07. The Kier molecular flexibility index (Phi) is 8.06. The lowest BCUT2D eigenvalue weighted by molar-refractivity contribution is -0.138. The summed E-state index contributed by atoms with van der Waals surface area (Å²) >= 11 is 0. The number of carbonyl (C=O) groups is 1. The largest absolute Gasteiger partial charge is 0.461 e. The van der Waals surface area contributed by atoms with E-state index in [-0.39, 0.29) is 28.5 Å². The number of hydrogen-bond donors (Lipinski definition) is 1. The molecule has 14 heavy (non-hydrogen) atoms. The Bertz CT molecular complexity index is 197. The minimum Gasteiger partial charge on any atom is -0.461 e. The SMILES string of the molecule is Br.C=C(C)C(=O)OCCNC(C)(C)C. The van der Waals surface area contributed by atoms with Crippen LogP contribution in [-0.4, -0.2) is 24.7 Å². The standard InChI is InChI=1S/C10H19NO2.BrH/c1-8(2)9(12)13-7-6-11-10(3,4)5;/h11H,1,6-7H2,2-5H3;1H. The Balaban J connectivity index is 0. The second-order valence-corrected chi connectivity index (χ2v) is 4.09. The van der Waals surface area contributed by atoms with E-state index in [2.05, 4.69) is 32.7 Å². The molecule has 0 aromatic heterocycles. The van der Waals surface area contributed by atoms with Gasteiger partial charge in [0, 0.05) is 17.7 Å². The Morgan fingerprint density at radius 1 is 1.43 bits per heavy atom. The highest BCUT2D eigenvalue weighted by Gasteiger charge is 2.08. The third-order valence-corrected chi connectivity index (χ3v) is 1.34. The maximum Gasteiger partial charge on any atom is 0.333 e. The zero-order chi connectivity index (χ0) is 10.5. The number of halogens is 1. The van der Waals surface area contributed by atoms with E-state index in [0.717, 1.165) is 0 Å². The van der Waals surface area contributed by atoms with Gasteiger partial charge in [0.15, 0.2) is 0 Å². The molecule has 0 atom stereocenters. The van der Waals surface area contributed by atoms with Gasteiger partial charge in [-0.3, -0.25) is 0 Å². The minimum atomic E-state index is -0.323. The Morgan fingerprint density at radius 3 is 2.29 bits per heavy atom. The molecule has 0 aromatic carbocycles. The van der Waals surface area contributed by atoms with Gasteiger partial charge in [0.25, 0.3) is 0 Å². The van der Waals surface area contributed by atoms with Crippen molar-refractivity contribution in [2.24, 2.45) is 0 Å². The van der Waals surface area contributed by atoms with Crippen molar-refractivity contribution in [3.63, 3.8) is 0 Å². The first-order valence-electron chi connectivity index (χ1n) is 4.40. The van der Waals surface area contributed by atoms with Crippen LogP contribution in [0.3, 0.4) is 0 Å². The van der Waals surface area contributed by atoms with Crippen molar-refractivity contribution in [3.05, 3.63) is 12.2 Å². The smallest absolute Gasteiger partial charge is 0.333 e. The van der Waals surface area contributed by atoms with Crippen molar-refractivity contribution >= 4 is 23.0 Å². The number of carbonyl (C=O) groups excluding carboxylic acids is 1. The summed E-state index contributed by atoms with van der Waals surface area (Å²) < 4.78 is 4.90. The van der Waals surface area contributed by atoms with Crippen LogP contribution in [0.2, 0.25) is 0 Å². The first-order chi connectivity index (χ1) is 5.83. The molecule has 0 rings (SSSR count). The van der Waals surface area contributed by atoms with Crippen molar-refractivity contribution < 1.29 is 9.53 Å². The summed E-state index contributed by atoms with van der Waals surface area (Å²) in [6.07, 6.45) is 0. The van der Waals surface area contributed by atoms with Crippen molar-refractivity contribution in [2.75, 3.05) is 13.2 Å². The molecule has 0 radical (unpaired) electrons. The van der Waals surface area contributed by atoms with Crippen molar-refractivity contribution in [3.8, 4) is 0 Å². The Hall–Kier alpha value is -0.350. The van der Waals surface area contributed by atoms with Crippen LogP contribution < -0.4 is 5.32 Å². The number of ether oxygens (including phenoxy) is 1. The fourth-order valence-corrected chi connectivity index (χ4v) is 0.693. The molecule has 1 N–H and O–H groups in total. The van der Waals surface area contributed by atoms with Gasteiger partial charge in [-0.05, 0) is 27.7 Å². The van der Waals surface area contributed by atoms with Crippen LogP contribution >= 0.6 is 17.0 Å². The van der Waals surface area contributed by atoms with Crippen LogP contribution in [0.1, 0.15) is 27.7 Å². The lowest BCUT2D eigenvalue weighted by atomic mass is 10.1. The fraction of sp³-hybridized carbons (Fsp3) is 0.700. The van der Waals surface area contributed by atoms with E-state index in [1.54, 1.807) is 6.92 Å². The minimum absolute atomic E-state index is 0. The Morgan fingerprint density at radius 2 is 1.93 bits per heavy atom. The first-order valence-corrected chi connectivity index (χ1v) is 4.40. The fourth-order valence-electron chi connectivity index (χ4n) is 0.693.